The number of hydrogen-bond donors (Lipinski definition) is 1. The lowest BCUT2D eigenvalue weighted by Gasteiger charge is -2.26. The monoisotopic (exact) mass is 277 g/mol. The van der Waals surface area contributed by atoms with Gasteiger partial charge in [0, 0.05) is 12.6 Å². The predicted molar refractivity (Wildman–Crippen MR) is 82.0 cm³/mol. The lowest BCUT2D eigenvalue weighted by atomic mass is 9.81. The van der Waals surface area contributed by atoms with Crippen LogP contribution in [0.2, 0.25) is 0 Å². The lowest BCUT2D eigenvalue weighted by Crippen LogP contribution is -2.17. The molecule has 1 aliphatic rings. The van der Waals surface area contributed by atoms with Crippen molar-refractivity contribution in [2.24, 2.45) is 11.8 Å². The second-order valence-electron chi connectivity index (χ2n) is 5.94. The Labute approximate surface area is 122 Å². The first-order valence-electron chi connectivity index (χ1n) is 7.96. The number of nitrogens with zero attached hydrogens (tertiary/aromatic N) is 2. The molecule has 20 heavy (non-hydrogen) atoms. The van der Waals surface area contributed by atoms with E-state index in [1.54, 1.807) is 6.33 Å². The summed E-state index contributed by atoms with van der Waals surface area (Å²) in [5.74, 6) is 3.32. The van der Waals surface area contributed by atoms with Crippen molar-refractivity contribution in [3.05, 3.63) is 12.4 Å². The normalized spacial score (nSPS) is 22.5. The summed E-state index contributed by atoms with van der Waals surface area (Å²) in [5, 5.41) is 3.39. The zero-order valence-electron chi connectivity index (χ0n) is 12.8. The third-order valence-electron chi connectivity index (χ3n) is 4.00. The first-order chi connectivity index (χ1) is 9.78. The van der Waals surface area contributed by atoms with Crippen LogP contribution >= 0.6 is 0 Å². The van der Waals surface area contributed by atoms with Crippen LogP contribution in [0, 0.1) is 11.8 Å². The minimum atomic E-state index is 0.663. The Morgan fingerprint density at radius 3 is 3.05 bits per heavy atom. The fourth-order valence-corrected chi connectivity index (χ4v) is 2.95. The number of nitrogens with one attached hydrogen (secondary N) is 1. The van der Waals surface area contributed by atoms with E-state index in [9.17, 15) is 0 Å². The zero-order valence-corrected chi connectivity index (χ0v) is 12.8. The van der Waals surface area contributed by atoms with Crippen molar-refractivity contribution < 1.29 is 4.74 Å². The van der Waals surface area contributed by atoms with Gasteiger partial charge in [-0.05, 0) is 31.1 Å². The van der Waals surface area contributed by atoms with Gasteiger partial charge in [0.05, 0.1) is 6.61 Å². The number of hydrogen-bond acceptors (Lipinski definition) is 4. The summed E-state index contributed by atoms with van der Waals surface area (Å²) in [6, 6.07) is 1.89. The lowest BCUT2D eigenvalue weighted by molar-refractivity contribution is 0.274. The Balaban J connectivity index is 1.73. The molecule has 0 aromatic carbocycles. The molecule has 1 heterocycles. The van der Waals surface area contributed by atoms with Crippen molar-refractivity contribution in [3.8, 4) is 5.88 Å². The van der Waals surface area contributed by atoms with Gasteiger partial charge in [-0.3, -0.25) is 0 Å². The molecule has 2 rings (SSSR count). The second kappa shape index (κ2) is 8.08. The van der Waals surface area contributed by atoms with E-state index in [-0.39, 0.29) is 0 Å². The van der Waals surface area contributed by atoms with Gasteiger partial charge >= 0.3 is 0 Å². The molecule has 0 radical (unpaired) electrons. The molecule has 112 valence electrons. The van der Waals surface area contributed by atoms with E-state index >= 15 is 0 Å². The molecule has 0 bridgehead atoms. The van der Waals surface area contributed by atoms with Crippen LogP contribution in [0.25, 0.3) is 0 Å². The van der Waals surface area contributed by atoms with Crippen LogP contribution in [0.4, 0.5) is 5.82 Å². The maximum Gasteiger partial charge on any atom is 0.218 e. The van der Waals surface area contributed by atoms with E-state index in [0.29, 0.717) is 12.5 Å². The van der Waals surface area contributed by atoms with Crippen LogP contribution < -0.4 is 10.1 Å². The molecule has 1 saturated carbocycles. The summed E-state index contributed by atoms with van der Waals surface area (Å²) in [4.78, 5) is 8.35. The number of anilines is 1. The first kappa shape index (κ1) is 15.1. The molecule has 0 amide bonds. The van der Waals surface area contributed by atoms with Crippen molar-refractivity contribution in [1.29, 1.82) is 0 Å². The smallest absolute Gasteiger partial charge is 0.218 e. The van der Waals surface area contributed by atoms with Crippen molar-refractivity contribution >= 4 is 5.82 Å². The molecule has 1 aromatic heterocycles. The number of aromatic nitrogens is 2. The quantitative estimate of drug-likeness (QED) is 0.821. The van der Waals surface area contributed by atoms with E-state index in [4.69, 9.17) is 4.74 Å². The standard InChI is InChI=1S/C16H27N3O/c1-3-9-20-16-11-15(18-12-19-16)17-8-7-14-6-4-5-13(2)10-14/h11-14H,3-10H2,1-2H3,(H,17,18,19). The second-order valence-corrected chi connectivity index (χ2v) is 5.94. The van der Waals surface area contributed by atoms with Gasteiger partial charge in [0.1, 0.15) is 12.1 Å². The molecule has 1 fully saturated rings. The van der Waals surface area contributed by atoms with E-state index in [0.717, 1.165) is 30.6 Å². The fourth-order valence-electron chi connectivity index (χ4n) is 2.95. The Kier molecular flexibility index (Phi) is 6.09. The van der Waals surface area contributed by atoms with Gasteiger partial charge < -0.3 is 10.1 Å². The van der Waals surface area contributed by atoms with Crippen molar-refractivity contribution in [2.45, 2.75) is 52.4 Å². The number of ether oxygens (including phenoxy) is 1. The van der Waals surface area contributed by atoms with Crippen LogP contribution in [0.1, 0.15) is 52.4 Å². The Bertz CT molecular complexity index is 397. The molecule has 0 spiro atoms. The Morgan fingerprint density at radius 1 is 1.35 bits per heavy atom. The third-order valence-corrected chi connectivity index (χ3v) is 4.00. The van der Waals surface area contributed by atoms with E-state index in [1.165, 1.54) is 32.1 Å². The summed E-state index contributed by atoms with van der Waals surface area (Å²) in [7, 11) is 0. The van der Waals surface area contributed by atoms with E-state index < -0.39 is 0 Å². The molecule has 0 saturated heterocycles. The van der Waals surface area contributed by atoms with Gasteiger partial charge in [-0.2, -0.15) is 0 Å². The van der Waals surface area contributed by atoms with Crippen LogP contribution in [0.5, 0.6) is 5.88 Å². The molecule has 4 heteroatoms. The Hall–Kier alpha value is -1.32. The molecular weight excluding hydrogens is 250 g/mol. The van der Waals surface area contributed by atoms with Crippen molar-refractivity contribution in [3.63, 3.8) is 0 Å². The highest BCUT2D eigenvalue weighted by Gasteiger charge is 2.18. The first-order valence-corrected chi connectivity index (χ1v) is 7.96. The maximum absolute atomic E-state index is 5.52. The molecule has 0 aliphatic heterocycles. The molecule has 1 aliphatic carbocycles. The van der Waals surface area contributed by atoms with Crippen LogP contribution in [0.15, 0.2) is 12.4 Å². The Morgan fingerprint density at radius 2 is 2.25 bits per heavy atom. The minimum absolute atomic E-state index is 0.663. The summed E-state index contributed by atoms with van der Waals surface area (Å²) in [5.41, 5.74) is 0. The summed E-state index contributed by atoms with van der Waals surface area (Å²) in [6.45, 7) is 6.16. The summed E-state index contributed by atoms with van der Waals surface area (Å²) < 4.78 is 5.52. The van der Waals surface area contributed by atoms with E-state index in [1.807, 2.05) is 6.07 Å². The van der Waals surface area contributed by atoms with E-state index in [2.05, 4.69) is 29.1 Å². The molecule has 1 N–H and O–H groups in total. The van der Waals surface area contributed by atoms with Crippen LogP contribution in [-0.2, 0) is 0 Å². The van der Waals surface area contributed by atoms with Crippen molar-refractivity contribution in [2.75, 3.05) is 18.5 Å². The molecule has 2 atom stereocenters. The van der Waals surface area contributed by atoms with Crippen LogP contribution in [-0.4, -0.2) is 23.1 Å². The van der Waals surface area contributed by atoms with Gasteiger partial charge in [-0.1, -0.05) is 33.1 Å². The molecule has 4 nitrogen and oxygen atoms in total. The van der Waals surface area contributed by atoms with Gasteiger partial charge in [0.2, 0.25) is 5.88 Å². The molecule has 1 aromatic rings. The van der Waals surface area contributed by atoms with Gasteiger partial charge in [0.15, 0.2) is 0 Å². The van der Waals surface area contributed by atoms with Gasteiger partial charge in [-0.25, -0.2) is 9.97 Å². The average molecular weight is 277 g/mol. The topological polar surface area (TPSA) is 47.0 Å². The van der Waals surface area contributed by atoms with Gasteiger partial charge in [-0.15, -0.1) is 0 Å². The highest BCUT2D eigenvalue weighted by molar-refractivity contribution is 5.36. The average Bonchev–Trinajstić information content (AvgIpc) is 2.46. The third kappa shape index (κ3) is 4.99. The summed E-state index contributed by atoms with van der Waals surface area (Å²) in [6.07, 6.45) is 9.38. The highest BCUT2D eigenvalue weighted by atomic mass is 16.5. The largest absolute Gasteiger partial charge is 0.478 e. The SMILES string of the molecule is CCCOc1cc(NCCC2CCCC(C)C2)ncn1. The fraction of sp³-hybridized carbons (Fsp3) is 0.750. The predicted octanol–water partition coefficient (Wildman–Crippen LogP) is 3.89. The van der Waals surface area contributed by atoms with Crippen LogP contribution in [0.3, 0.4) is 0 Å². The van der Waals surface area contributed by atoms with Crippen molar-refractivity contribution in [1.82, 2.24) is 9.97 Å². The highest BCUT2D eigenvalue weighted by Crippen LogP contribution is 2.30. The summed E-state index contributed by atoms with van der Waals surface area (Å²) >= 11 is 0. The molecule has 2 unspecified atom stereocenters. The number of rotatable bonds is 7. The zero-order chi connectivity index (χ0) is 14.2. The molecular formula is C16H27N3O. The maximum atomic E-state index is 5.52. The van der Waals surface area contributed by atoms with Gasteiger partial charge in [0.25, 0.3) is 0 Å². The minimum Gasteiger partial charge on any atom is -0.478 e.